The molecule has 0 unspecified atom stereocenters. The number of ether oxygens (including phenoxy) is 1. The second-order valence-electron chi connectivity index (χ2n) is 6.59. The van der Waals surface area contributed by atoms with E-state index in [1.165, 1.54) is 6.33 Å². The first-order valence-corrected chi connectivity index (χ1v) is 8.47. The molecule has 0 spiro atoms. The third-order valence-corrected chi connectivity index (χ3v) is 4.97. The molecule has 2 aliphatic rings. The van der Waals surface area contributed by atoms with Crippen LogP contribution in [0.25, 0.3) is 11.2 Å². The van der Waals surface area contributed by atoms with Crippen LogP contribution in [0.5, 0.6) is 0 Å². The highest BCUT2D eigenvalue weighted by Gasteiger charge is 2.45. The monoisotopic (exact) mass is 350 g/mol. The summed E-state index contributed by atoms with van der Waals surface area (Å²) < 4.78 is 7.26. The van der Waals surface area contributed by atoms with Crippen molar-refractivity contribution in [3.8, 4) is 0 Å². The zero-order valence-corrected chi connectivity index (χ0v) is 13.6. The molecule has 25 heavy (non-hydrogen) atoms. The van der Waals surface area contributed by atoms with Crippen LogP contribution in [0.3, 0.4) is 0 Å². The molecule has 0 aromatic carbocycles. The number of rotatable bonds is 4. The maximum atomic E-state index is 10.4. The Morgan fingerprint density at radius 3 is 2.68 bits per heavy atom. The topological polar surface area (TPSA) is 152 Å². The van der Waals surface area contributed by atoms with Gasteiger partial charge in [-0.15, -0.1) is 0 Å². The number of nitrogen functional groups attached to an aromatic ring is 1. The Bertz CT molecular complexity index is 762. The first kappa shape index (κ1) is 16.5. The average Bonchev–Trinajstić information content (AvgIpc) is 3.30. The molecule has 2 fully saturated rings. The molecule has 4 atom stereocenters. The highest BCUT2D eigenvalue weighted by Crippen LogP contribution is 2.36. The van der Waals surface area contributed by atoms with Gasteiger partial charge in [-0.3, -0.25) is 4.57 Å². The number of imidazole rings is 1. The van der Waals surface area contributed by atoms with E-state index in [0.717, 1.165) is 25.7 Å². The number of hydrogen-bond donors (Lipinski definition) is 5. The van der Waals surface area contributed by atoms with E-state index >= 15 is 0 Å². The Morgan fingerprint density at radius 1 is 1.24 bits per heavy atom. The van der Waals surface area contributed by atoms with Gasteiger partial charge >= 0.3 is 0 Å². The predicted molar refractivity (Wildman–Crippen MR) is 88.6 cm³/mol. The summed E-state index contributed by atoms with van der Waals surface area (Å²) in [6, 6.07) is 0.266. The van der Waals surface area contributed by atoms with E-state index < -0.39 is 31.1 Å². The quantitative estimate of drug-likeness (QED) is 0.485. The van der Waals surface area contributed by atoms with Crippen LogP contribution < -0.4 is 11.1 Å². The van der Waals surface area contributed by atoms with Gasteiger partial charge in [-0.05, 0) is 12.8 Å². The van der Waals surface area contributed by atoms with Crippen molar-refractivity contribution in [2.75, 3.05) is 17.7 Å². The van der Waals surface area contributed by atoms with Crippen molar-refractivity contribution in [3.05, 3.63) is 6.33 Å². The molecule has 1 aliphatic carbocycles. The first-order chi connectivity index (χ1) is 12.1. The van der Waals surface area contributed by atoms with E-state index in [4.69, 9.17) is 10.5 Å². The van der Waals surface area contributed by atoms with Crippen LogP contribution in [0.1, 0.15) is 31.9 Å². The minimum atomic E-state index is -1.23. The Balaban J connectivity index is 1.78. The van der Waals surface area contributed by atoms with E-state index in [1.807, 2.05) is 0 Å². The molecular formula is C15H22N6O4. The Labute approximate surface area is 143 Å². The Kier molecular flexibility index (Phi) is 4.20. The van der Waals surface area contributed by atoms with Gasteiger partial charge in [-0.2, -0.15) is 0 Å². The summed E-state index contributed by atoms with van der Waals surface area (Å²) in [5.41, 5.74) is 6.72. The number of aromatic nitrogens is 4. The lowest BCUT2D eigenvalue weighted by molar-refractivity contribution is -0.0501. The summed E-state index contributed by atoms with van der Waals surface area (Å²) in [5.74, 6) is 0.689. The molecule has 0 amide bonds. The maximum Gasteiger partial charge on any atom is 0.207 e. The van der Waals surface area contributed by atoms with Crippen LogP contribution in [-0.2, 0) is 4.74 Å². The smallest absolute Gasteiger partial charge is 0.207 e. The van der Waals surface area contributed by atoms with Crippen LogP contribution >= 0.6 is 0 Å². The van der Waals surface area contributed by atoms with Gasteiger partial charge in [0.15, 0.2) is 23.2 Å². The van der Waals surface area contributed by atoms with Crippen LogP contribution in [0, 0.1) is 0 Å². The van der Waals surface area contributed by atoms with Crippen molar-refractivity contribution in [2.45, 2.75) is 56.3 Å². The highest BCUT2D eigenvalue weighted by molar-refractivity contribution is 5.84. The molecular weight excluding hydrogens is 328 g/mol. The third kappa shape index (κ3) is 2.71. The second kappa shape index (κ2) is 6.37. The van der Waals surface area contributed by atoms with E-state index in [1.54, 1.807) is 4.57 Å². The first-order valence-electron chi connectivity index (χ1n) is 8.47. The zero-order chi connectivity index (χ0) is 17.6. The van der Waals surface area contributed by atoms with E-state index in [9.17, 15) is 15.3 Å². The van der Waals surface area contributed by atoms with Gasteiger partial charge in [-0.1, -0.05) is 12.8 Å². The molecule has 10 nitrogen and oxygen atoms in total. The van der Waals surface area contributed by atoms with E-state index in [0.29, 0.717) is 17.1 Å². The minimum Gasteiger partial charge on any atom is -0.394 e. The Morgan fingerprint density at radius 2 is 2.00 bits per heavy atom. The van der Waals surface area contributed by atoms with Crippen LogP contribution in [0.2, 0.25) is 0 Å². The number of nitrogens with one attached hydrogen (secondary N) is 1. The minimum absolute atomic E-state index is 0.227. The van der Waals surface area contributed by atoms with Gasteiger partial charge < -0.3 is 31.1 Å². The number of nitrogens with two attached hydrogens (primary N) is 1. The van der Waals surface area contributed by atoms with Crippen molar-refractivity contribution in [1.29, 1.82) is 0 Å². The van der Waals surface area contributed by atoms with Gasteiger partial charge in [0.1, 0.15) is 24.6 Å². The number of aliphatic hydroxyl groups excluding tert-OH is 3. The zero-order valence-electron chi connectivity index (χ0n) is 13.6. The molecule has 1 aliphatic heterocycles. The SMILES string of the molecule is Nc1ncnc2c1nc(NC1CCCC1)n2[C@@H]1O[C@H](CO)[C@@H](O)[C@H]1O. The molecule has 0 bridgehead atoms. The number of anilines is 2. The number of aliphatic hydroxyl groups is 3. The number of hydrogen-bond acceptors (Lipinski definition) is 9. The van der Waals surface area contributed by atoms with Crippen LogP contribution in [0.15, 0.2) is 6.33 Å². The molecule has 1 saturated carbocycles. The highest BCUT2D eigenvalue weighted by atomic mass is 16.6. The summed E-state index contributed by atoms with van der Waals surface area (Å²) in [5, 5.41) is 33.2. The predicted octanol–water partition coefficient (Wildman–Crippen LogP) is -0.626. The normalized spacial score (nSPS) is 30.4. The summed E-state index contributed by atoms with van der Waals surface area (Å²) in [6.45, 7) is -0.399. The molecule has 4 rings (SSSR count). The van der Waals surface area contributed by atoms with E-state index in [2.05, 4.69) is 20.3 Å². The Hall–Kier alpha value is -2.01. The maximum absolute atomic E-state index is 10.4. The van der Waals surface area contributed by atoms with Crippen molar-refractivity contribution in [2.24, 2.45) is 0 Å². The molecule has 136 valence electrons. The summed E-state index contributed by atoms with van der Waals surface area (Å²) in [7, 11) is 0. The van der Waals surface area contributed by atoms with Gasteiger partial charge in [0.25, 0.3) is 0 Å². The molecule has 2 aromatic heterocycles. The number of nitrogens with zero attached hydrogens (tertiary/aromatic N) is 4. The van der Waals surface area contributed by atoms with Gasteiger partial charge in [-0.25, -0.2) is 15.0 Å². The molecule has 1 saturated heterocycles. The fourth-order valence-corrected chi connectivity index (χ4v) is 3.62. The lowest BCUT2D eigenvalue weighted by Crippen LogP contribution is -2.33. The summed E-state index contributed by atoms with van der Waals surface area (Å²) in [4.78, 5) is 12.7. The van der Waals surface area contributed by atoms with Gasteiger partial charge in [0.2, 0.25) is 5.95 Å². The summed E-state index contributed by atoms with van der Waals surface area (Å²) >= 11 is 0. The lowest BCUT2D eigenvalue weighted by Gasteiger charge is -2.21. The fraction of sp³-hybridized carbons (Fsp3) is 0.667. The molecule has 3 heterocycles. The van der Waals surface area contributed by atoms with Crippen molar-refractivity contribution < 1.29 is 20.1 Å². The van der Waals surface area contributed by atoms with Crippen LogP contribution in [-0.4, -0.2) is 65.8 Å². The molecule has 0 radical (unpaired) electrons. The lowest BCUT2D eigenvalue weighted by atomic mass is 10.1. The average molecular weight is 350 g/mol. The van der Waals surface area contributed by atoms with Crippen molar-refractivity contribution in [1.82, 2.24) is 19.5 Å². The van der Waals surface area contributed by atoms with Crippen molar-refractivity contribution in [3.63, 3.8) is 0 Å². The van der Waals surface area contributed by atoms with Gasteiger partial charge in [0, 0.05) is 6.04 Å². The second-order valence-corrected chi connectivity index (χ2v) is 6.59. The fourth-order valence-electron chi connectivity index (χ4n) is 3.62. The van der Waals surface area contributed by atoms with Crippen molar-refractivity contribution >= 4 is 22.9 Å². The largest absolute Gasteiger partial charge is 0.394 e. The molecule has 10 heteroatoms. The van der Waals surface area contributed by atoms with Crippen LogP contribution in [0.4, 0.5) is 11.8 Å². The molecule has 2 aromatic rings. The number of fused-ring (bicyclic) bond motifs is 1. The third-order valence-electron chi connectivity index (χ3n) is 4.97. The van der Waals surface area contributed by atoms with E-state index in [-0.39, 0.29) is 11.9 Å². The van der Waals surface area contributed by atoms with Gasteiger partial charge in [0.05, 0.1) is 6.61 Å². The molecule has 6 N–H and O–H groups in total. The summed E-state index contributed by atoms with van der Waals surface area (Å²) in [6.07, 6.45) is 1.42. The standard InChI is InChI=1S/C15H22N6O4/c16-12-9-13(18-6-17-12)21(14-11(24)10(23)8(5-22)25-14)15(20-9)19-7-3-1-2-4-7/h6-8,10-11,14,22-24H,1-5H2,(H,19,20)(H2,16,17,18)/t8-,10-,11-,14-/m1/s1.